The number of benzene rings is 2. The maximum absolute atomic E-state index is 13.0. The normalized spacial score (nSPS) is 10.3. The van der Waals surface area contributed by atoms with Crippen molar-refractivity contribution in [3.63, 3.8) is 0 Å². The Bertz CT molecular complexity index is 610. The van der Waals surface area contributed by atoms with Gasteiger partial charge in [-0.3, -0.25) is 0 Å². The van der Waals surface area contributed by atoms with Crippen LogP contribution in [-0.2, 0) is 13.1 Å². The summed E-state index contributed by atoms with van der Waals surface area (Å²) in [5.74, 6) is 0.948. The van der Waals surface area contributed by atoms with Crippen molar-refractivity contribution in [2.45, 2.75) is 13.1 Å². The lowest BCUT2D eigenvalue weighted by Gasteiger charge is -2.26. The molecule has 0 aliphatic carbocycles. The molecule has 0 amide bonds. The van der Waals surface area contributed by atoms with Crippen LogP contribution in [0.2, 0.25) is 0 Å². The van der Waals surface area contributed by atoms with Gasteiger partial charge in [0.15, 0.2) is 0 Å². The predicted octanol–water partition coefficient (Wildman–Crippen LogP) is 4.59. The fourth-order valence-corrected chi connectivity index (χ4v) is 2.29. The van der Waals surface area contributed by atoms with Gasteiger partial charge in [0.1, 0.15) is 11.6 Å². The average Bonchev–Trinajstić information content (AvgIpc) is 2.56. The molecule has 0 fully saturated rings. The molecule has 0 N–H and O–H groups in total. The van der Waals surface area contributed by atoms with Crippen LogP contribution in [0, 0.1) is 5.82 Å². The number of allylic oxidation sites excluding steroid dienone is 1. The predicted molar refractivity (Wildman–Crippen MR) is 88.5 cm³/mol. The number of rotatable bonds is 7. The van der Waals surface area contributed by atoms with Crippen molar-refractivity contribution in [2.75, 3.05) is 13.0 Å². The minimum absolute atomic E-state index is 0.235. The van der Waals surface area contributed by atoms with Crippen molar-refractivity contribution < 1.29 is 9.13 Å². The first-order valence-electron chi connectivity index (χ1n) is 6.98. The van der Waals surface area contributed by atoms with E-state index < -0.39 is 0 Å². The van der Waals surface area contributed by atoms with Crippen molar-refractivity contribution in [3.05, 3.63) is 77.8 Å². The van der Waals surface area contributed by atoms with Crippen LogP contribution >= 0.6 is 11.6 Å². The molecule has 0 radical (unpaired) electrons. The van der Waals surface area contributed by atoms with Crippen LogP contribution in [-0.4, -0.2) is 17.9 Å². The van der Waals surface area contributed by atoms with Crippen molar-refractivity contribution in [2.24, 2.45) is 0 Å². The fourth-order valence-electron chi connectivity index (χ4n) is 2.13. The maximum Gasteiger partial charge on any atom is 0.123 e. The average molecular weight is 320 g/mol. The van der Waals surface area contributed by atoms with Crippen LogP contribution < -0.4 is 4.74 Å². The highest BCUT2D eigenvalue weighted by atomic mass is 35.5. The van der Waals surface area contributed by atoms with E-state index in [4.69, 9.17) is 16.3 Å². The van der Waals surface area contributed by atoms with Gasteiger partial charge in [0.25, 0.3) is 0 Å². The third-order valence-electron chi connectivity index (χ3n) is 3.42. The van der Waals surface area contributed by atoms with Gasteiger partial charge in [-0.2, -0.15) is 0 Å². The summed E-state index contributed by atoms with van der Waals surface area (Å²) in [7, 11) is 1.64. The summed E-state index contributed by atoms with van der Waals surface area (Å²) in [6.07, 6.45) is 0. The van der Waals surface area contributed by atoms with E-state index in [1.165, 1.54) is 12.1 Å². The minimum Gasteiger partial charge on any atom is -0.497 e. The first-order chi connectivity index (χ1) is 10.6. The number of methoxy groups -OCH3 is 1. The fraction of sp³-hybridized carbons (Fsp3) is 0.222. The smallest absolute Gasteiger partial charge is 0.123 e. The summed E-state index contributed by atoms with van der Waals surface area (Å²) in [5.41, 5.74) is 2.98. The van der Waals surface area contributed by atoms with E-state index in [9.17, 15) is 4.39 Å². The van der Waals surface area contributed by atoms with Crippen LogP contribution in [0.15, 0.2) is 60.8 Å². The lowest BCUT2D eigenvalue weighted by Crippen LogP contribution is -2.22. The zero-order valence-electron chi connectivity index (χ0n) is 12.6. The van der Waals surface area contributed by atoms with E-state index in [0.29, 0.717) is 19.0 Å². The molecule has 2 nitrogen and oxygen atoms in total. The van der Waals surface area contributed by atoms with E-state index in [1.54, 1.807) is 19.2 Å². The Morgan fingerprint density at radius 3 is 2.00 bits per heavy atom. The van der Waals surface area contributed by atoms with Gasteiger partial charge in [-0.15, -0.1) is 11.6 Å². The minimum atomic E-state index is -0.235. The summed E-state index contributed by atoms with van der Waals surface area (Å²) in [4.78, 5) is 2.09. The number of ether oxygens (including phenoxy) is 1. The number of nitrogens with zero attached hydrogens (tertiary/aromatic N) is 1. The Hall–Kier alpha value is -2.00. The standard InChI is InChI=1S/C18H19ClFNO/c1-14(11-19)21(12-15-3-7-17(20)8-4-15)13-16-5-9-18(22-2)10-6-16/h3-10H,1,11-13H2,2H3. The topological polar surface area (TPSA) is 12.5 Å². The van der Waals surface area contributed by atoms with Crippen LogP contribution in [0.25, 0.3) is 0 Å². The molecule has 0 atom stereocenters. The third kappa shape index (κ3) is 4.50. The zero-order valence-corrected chi connectivity index (χ0v) is 13.3. The van der Waals surface area contributed by atoms with Crippen molar-refractivity contribution in [1.29, 1.82) is 0 Å². The van der Waals surface area contributed by atoms with Gasteiger partial charge in [-0.25, -0.2) is 4.39 Å². The summed E-state index contributed by atoms with van der Waals surface area (Å²) < 4.78 is 18.2. The van der Waals surface area contributed by atoms with Crippen LogP contribution in [0.5, 0.6) is 5.75 Å². The Labute approximate surface area is 135 Å². The summed E-state index contributed by atoms with van der Waals surface area (Å²) in [6.45, 7) is 5.34. The van der Waals surface area contributed by atoms with Gasteiger partial charge in [0.05, 0.1) is 13.0 Å². The Morgan fingerprint density at radius 2 is 1.55 bits per heavy atom. The van der Waals surface area contributed by atoms with Crippen LogP contribution in [0.1, 0.15) is 11.1 Å². The van der Waals surface area contributed by atoms with Crippen LogP contribution in [0.3, 0.4) is 0 Å². The second-order valence-electron chi connectivity index (χ2n) is 5.03. The molecule has 2 rings (SSSR count). The molecule has 0 spiro atoms. The van der Waals surface area contributed by atoms with Crippen molar-refractivity contribution in [3.8, 4) is 5.75 Å². The van der Waals surface area contributed by atoms with E-state index in [0.717, 1.165) is 22.6 Å². The lowest BCUT2D eigenvalue weighted by molar-refractivity contribution is 0.332. The molecule has 0 saturated heterocycles. The van der Waals surface area contributed by atoms with Gasteiger partial charge in [-0.1, -0.05) is 30.8 Å². The van der Waals surface area contributed by atoms with Gasteiger partial charge in [-0.05, 0) is 35.4 Å². The SMILES string of the molecule is C=C(CCl)N(Cc1ccc(F)cc1)Cc1ccc(OC)cc1. The highest BCUT2D eigenvalue weighted by molar-refractivity contribution is 6.19. The first-order valence-corrected chi connectivity index (χ1v) is 7.52. The molecule has 2 aromatic carbocycles. The largest absolute Gasteiger partial charge is 0.497 e. The second kappa shape index (κ2) is 7.85. The molecule has 2 aromatic rings. The molecule has 22 heavy (non-hydrogen) atoms. The molecule has 0 bridgehead atoms. The number of halogens is 2. The lowest BCUT2D eigenvalue weighted by atomic mass is 10.1. The second-order valence-corrected chi connectivity index (χ2v) is 5.30. The summed E-state index contributed by atoms with van der Waals surface area (Å²) >= 11 is 5.93. The molecule has 0 aliphatic heterocycles. The molecule has 0 heterocycles. The molecule has 0 unspecified atom stereocenters. The van der Waals surface area contributed by atoms with E-state index in [2.05, 4.69) is 11.5 Å². The van der Waals surface area contributed by atoms with E-state index in [-0.39, 0.29) is 5.82 Å². The molecular weight excluding hydrogens is 301 g/mol. The number of alkyl halides is 1. The Kier molecular flexibility index (Phi) is 5.84. The molecule has 0 aliphatic rings. The Morgan fingerprint density at radius 1 is 1.05 bits per heavy atom. The highest BCUT2D eigenvalue weighted by Crippen LogP contribution is 2.18. The quantitative estimate of drug-likeness (QED) is 0.692. The monoisotopic (exact) mass is 319 g/mol. The zero-order chi connectivity index (χ0) is 15.9. The molecule has 4 heteroatoms. The van der Waals surface area contributed by atoms with E-state index >= 15 is 0 Å². The van der Waals surface area contributed by atoms with Gasteiger partial charge >= 0.3 is 0 Å². The van der Waals surface area contributed by atoms with Gasteiger partial charge < -0.3 is 9.64 Å². The highest BCUT2D eigenvalue weighted by Gasteiger charge is 2.09. The summed E-state index contributed by atoms with van der Waals surface area (Å²) in [6, 6.07) is 14.4. The summed E-state index contributed by atoms with van der Waals surface area (Å²) in [5, 5.41) is 0. The number of hydrogen-bond acceptors (Lipinski definition) is 2. The van der Waals surface area contributed by atoms with E-state index in [1.807, 2.05) is 24.3 Å². The Balaban J connectivity index is 2.11. The van der Waals surface area contributed by atoms with Crippen molar-refractivity contribution >= 4 is 11.6 Å². The third-order valence-corrected chi connectivity index (χ3v) is 3.73. The first kappa shape index (κ1) is 16.4. The van der Waals surface area contributed by atoms with Gasteiger partial charge in [0, 0.05) is 18.8 Å². The van der Waals surface area contributed by atoms with Crippen LogP contribution in [0.4, 0.5) is 4.39 Å². The molecule has 0 aromatic heterocycles. The van der Waals surface area contributed by atoms with Crippen molar-refractivity contribution in [1.82, 2.24) is 4.90 Å². The molecule has 116 valence electrons. The maximum atomic E-state index is 13.0. The molecular formula is C18H19ClFNO. The van der Waals surface area contributed by atoms with Gasteiger partial charge in [0.2, 0.25) is 0 Å². The molecule has 0 saturated carbocycles. The number of hydrogen-bond donors (Lipinski definition) is 0.